The third-order valence-electron chi connectivity index (χ3n) is 10.0. The van der Waals surface area contributed by atoms with E-state index in [1.807, 2.05) is 12.3 Å². The first-order valence-corrected chi connectivity index (χ1v) is 17.9. The smallest absolute Gasteiger partial charge is 0.380 e. The van der Waals surface area contributed by atoms with Crippen molar-refractivity contribution in [1.82, 2.24) is 36.5 Å². The number of nitrogens with one attached hydrogen (secondary N) is 7. The minimum atomic E-state index is -4.54. The van der Waals surface area contributed by atoms with E-state index in [1.54, 1.807) is 0 Å². The molecule has 3 saturated heterocycles. The van der Waals surface area contributed by atoms with Crippen LogP contribution in [0.2, 0.25) is 0 Å². The quantitative estimate of drug-likeness (QED) is 0.181. The fourth-order valence-electron chi connectivity index (χ4n) is 7.26. The second kappa shape index (κ2) is 17.0. The number of halogens is 5. The molecule has 17 heteroatoms. The van der Waals surface area contributed by atoms with E-state index in [0.29, 0.717) is 19.9 Å². The molecule has 9 atom stereocenters. The van der Waals surface area contributed by atoms with E-state index in [0.717, 1.165) is 62.8 Å². The lowest BCUT2D eigenvalue weighted by Gasteiger charge is -2.47. The minimum absolute atomic E-state index is 0.0283. The predicted molar refractivity (Wildman–Crippen MR) is 186 cm³/mol. The molecule has 4 heterocycles. The number of alkyl halides is 5. The van der Waals surface area contributed by atoms with Gasteiger partial charge >= 0.3 is 6.18 Å². The standard InChI is InChI=1S/C33H46Cl2F3N9O3/c1-49-25-12-22(32(48)44-21-4-2-3-20(11-21)33(36,37)38)28(34)30(29(25)35)46-31-23(15-39-17-43-31)24-13-27(42-18-41-24)45-26-6-5-19(14-40-26)16-47-7-9-50-10-8-47/h2-6,11,14,22-25,27-31,39,41-43,46H,7-10,12-13,15-18H2,1H3,(H,40,45)(H,44,48). The molecule has 4 fully saturated rings. The van der Waals surface area contributed by atoms with Crippen LogP contribution in [-0.4, -0.2) is 110 Å². The largest absolute Gasteiger partial charge is 0.416 e. The number of carbonyl (C=O) groups excluding carboxylic acids is 1. The molecule has 1 amide bonds. The van der Waals surface area contributed by atoms with Gasteiger partial charge in [-0.15, -0.1) is 23.2 Å². The second-order valence-electron chi connectivity index (χ2n) is 13.3. The number of methoxy groups -OCH3 is 1. The van der Waals surface area contributed by atoms with Crippen LogP contribution in [0.4, 0.5) is 24.7 Å². The van der Waals surface area contributed by atoms with E-state index in [-0.39, 0.29) is 36.4 Å². The van der Waals surface area contributed by atoms with Crippen molar-refractivity contribution < 1.29 is 27.4 Å². The van der Waals surface area contributed by atoms with Crippen LogP contribution in [-0.2, 0) is 27.0 Å². The molecular formula is C33H46Cl2F3N9O3. The first kappa shape index (κ1) is 37.4. The highest BCUT2D eigenvalue weighted by Crippen LogP contribution is 2.36. The Hall–Kier alpha value is -2.31. The number of carbonyl (C=O) groups is 1. The summed E-state index contributed by atoms with van der Waals surface area (Å²) < 4.78 is 51.0. The number of anilines is 2. The van der Waals surface area contributed by atoms with E-state index in [1.165, 1.54) is 19.2 Å². The van der Waals surface area contributed by atoms with Gasteiger partial charge in [0.2, 0.25) is 5.91 Å². The number of pyridine rings is 1. The molecule has 50 heavy (non-hydrogen) atoms. The van der Waals surface area contributed by atoms with Gasteiger partial charge in [0.1, 0.15) is 5.82 Å². The summed E-state index contributed by atoms with van der Waals surface area (Å²) in [5.74, 6) is -0.414. The van der Waals surface area contributed by atoms with Crippen LogP contribution in [0.15, 0.2) is 42.6 Å². The maximum Gasteiger partial charge on any atom is 0.416 e. The molecule has 1 aromatic heterocycles. The number of benzene rings is 1. The molecule has 1 aromatic carbocycles. The fourth-order valence-corrected chi connectivity index (χ4v) is 8.22. The molecule has 0 spiro atoms. The van der Waals surface area contributed by atoms with Gasteiger partial charge in [-0.25, -0.2) is 4.98 Å². The van der Waals surface area contributed by atoms with Crippen LogP contribution in [0.5, 0.6) is 0 Å². The molecular weight excluding hydrogens is 698 g/mol. The average Bonchev–Trinajstić information content (AvgIpc) is 3.11. The SMILES string of the molecule is COC1CC(C(=O)Nc2cccc(C(F)(F)F)c2)C(Cl)C(NC2NCNCC2C2CC(Nc3ccc(CN4CCOCC4)cn3)NCN2)C1Cl. The topological polar surface area (TPSA) is 136 Å². The van der Waals surface area contributed by atoms with Crippen molar-refractivity contribution in [3.63, 3.8) is 0 Å². The third kappa shape index (κ3) is 9.37. The Labute approximate surface area is 300 Å². The van der Waals surface area contributed by atoms with Crippen molar-refractivity contribution in [2.75, 3.05) is 63.9 Å². The molecule has 4 aliphatic rings. The first-order valence-electron chi connectivity index (χ1n) is 17.1. The van der Waals surface area contributed by atoms with Crippen molar-refractivity contribution in [2.45, 2.75) is 66.8 Å². The summed E-state index contributed by atoms with van der Waals surface area (Å²) in [6, 6.07) is 8.19. The van der Waals surface area contributed by atoms with Crippen LogP contribution < -0.4 is 37.2 Å². The Balaban J connectivity index is 1.08. The van der Waals surface area contributed by atoms with Gasteiger partial charge in [-0.3, -0.25) is 25.6 Å². The number of morpholine rings is 1. The van der Waals surface area contributed by atoms with E-state index in [4.69, 9.17) is 32.7 Å². The fraction of sp³-hybridized carbons (Fsp3) is 0.636. The Morgan fingerprint density at radius 1 is 1.08 bits per heavy atom. The van der Waals surface area contributed by atoms with Gasteiger partial charge < -0.3 is 30.7 Å². The van der Waals surface area contributed by atoms with Gasteiger partial charge in [-0.05, 0) is 42.7 Å². The first-order chi connectivity index (χ1) is 24.1. The lowest BCUT2D eigenvalue weighted by Crippen LogP contribution is -2.70. The summed E-state index contributed by atoms with van der Waals surface area (Å²) in [5, 5.41) is 22.5. The molecule has 6 rings (SSSR count). The Bertz CT molecular complexity index is 1410. The number of aromatic nitrogens is 1. The van der Waals surface area contributed by atoms with Crippen LogP contribution in [0.25, 0.3) is 0 Å². The van der Waals surface area contributed by atoms with Gasteiger partial charge in [0.05, 0.1) is 53.9 Å². The number of amides is 1. The highest BCUT2D eigenvalue weighted by molar-refractivity contribution is 6.26. The second-order valence-corrected chi connectivity index (χ2v) is 14.3. The summed E-state index contributed by atoms with van der Waals surface area (Å²) in [6.45, 7) is 6.07. The summed E-state index contributed by atoms with van der Waals surface area (Å²) in [6.07, 6.45) is -2.41. The van der Waals surface area contributed by atoms with Crippen molar-refractivity contribution in [3.05, 3.63) is 53.7 Å². The molecule has 3 aliphatic heterocycles. The highest BCUT2D eigenvalue weighted by Gasteiger charge is 2.48. The third-order valence-corrected chi connectivity index (χ3v) is 11.1. The Kier molecular flexibility index (Phi) is 12.7. The number of hydrogen-bond acceptors (Lipinski definition) is 11. The summed E-state index contributed by atoms with van der Waals surface area (Å²) in [5.41, 5.74) is 0.350. The highest BCUT2D eigenvalue weighted by atomic mass is 35.5. The number of ether oxygens (including phenoxy) is 2. The van der Waals surface area contributed by atoms with Gasteiger partial charge in [0.15, 0.2) is 0 Å². The lowest BCUT2D eigenvalue weighted by atomic mass is 9.81. The summed E-state index contributed by atoms with van der Waals surface area (Å²) in [4.78, 5) is 20.5. The van der Waals surface area contributed by atoms with Gasteiger partial charge in [0.25, 0.3) is 0 Å². The van der Waals surface area contributed by atoms with Gasteiger partial charge in [-0.1, -0.05) is 12.1 Å². The van der Waals surface area contributed by atoms with E-state index >= 15 is 0 Å². The number of rotatable bonds is 10. The maximum atomic E-state index is 13.5. The molecule has 0 bridgehead atoms. The molecule has 9 unspecified atom stereocenters. The molecule has 1 saturated carbocycles. The van der Waals surface area contributed by atoms with Crippen LogP contribution in [0.3, 0.4) is 0 Å². The molecule has 7 N–H and O–H groups in total. The molecule has 1 aliphatic carbocycles. The predicted octanol–water partition coefficient (Wildman–Crippen LogP) is 2.52. The van der Waals surface area contributed by atoms with Crippen molar-refractivity contribution in [1.29, 1.82) is 0 Å². The molecule has 2 aromatic rings. The van der Waals surface area contributed by atoms with E-state index < -0.39 is 46.5 Å². The van der Waals surface area contributed by atoms with Crippen molar-refractivity contribution >= 4 is 40.6 Å². The van der Waals surface area contributed by atoms with Crippen LogP contribution >= 0.6 is 23.2 Å². The van der Waals surface area contributed by atoms with E-state index in [2.05, 4.69) is 53.2 Å². The van der Waals surface area contributed by atoms with Crippen molar-refractivity contribution in [3.8, 4) is 0 Å². The van der Waals surface area contributed by atoms with Crippen LogP contribution in [0.1, 0.15) is 24.0 Å². The average molecular weight is 745 g/mol. The molecule has 0 radical (unpaired) electrons. The van der Waals surface area contributed by atoms with Gasteiger partial charge in [-0.2, -0.15) is 13.2 Å². The molecule has 276 valence electrons. The van der Waals surface area contributed by atoms with Crippen LogP contribution in [0, 0.1) is 11.8 Å². The van der Waals surface area contributed by atoms with Gasteiger partial charge in [0, 0.05) is 76.5 Å². The monoisotopic (exact) mass is 743 g/mol. The zero-order valence-corrected chi connectivity index (χ0v) is 29.3. The zero-order chi connectivity index (χ0) is 35.3. The summed E-state index contributed by atoms with van der Waals surface area (Å²) in [7, 11) is 1.53. The molecule has 12 nitrogen and oxygen atoms in total. The van der Waals surface area contributed by atoms with E-state index in [9.17, 15) is 18.0 Å². The lowest BCUT2D eigenvalue weighted by molar-refractivity contribution is -0.137. The zero-order valence-electron chi connectivity index (χ0n) is 27.8. The normalized spacial score (nSPS) is 32.7. The Morgan fingerprint density at radius 2 is 1.90 bits per heavy atom. The maximum absolute atomic E-state index is 13.5. The number of nitrogens with zero attached hydrogens (tertiary/aromatic N) is 2. The number of hydrogen-bond donors (Lipinski definition) is 7. The minimum Gasteiger partial charge on any atom is -0.380 e. The summed E-state index contributed by atoms with van der Waals surface area (Å²) >= 11 is 14.0. The van der Waals surface area contributed by atoms with Crippen molar-refractivity contribution in [2.24, 2.45) is 11.8 Å². The Morgan fingerprint density at radius 3 is 2.64 bits per heavy atom.